The SMILES string of the molecule is CCOC(=O)c1cc(C#N)c(OCc2cccc(C(F)(F)F)c2)nc1C. The van der Waals surface area contributed by atoms with Gasteiger partial charge in [-0.2, -0.15) is 18.4 Å². The number of nitriles is 1. The van der Waals surface area contributed by atoms with Crippen molar-refractivity contribution in [2.24, 2.45) is 0 Å². The predicted octanol–water partition coefficient (Wildman–Crippen LogP) is 4.04. The van der Waals surface area contributed by atoms with Gasteiger partial charge >= 0.3 is 12.1 Å². The van der Waals surface area contributed by atoms with E-state index in [1.165, 1.54) is 18.2 Å². The van der Waals surface area contributed by atoms with Gasteiger partial charge in [-0.05, 0) is 37.6 Å². The molecule has 0 atom stereocenters. The Morgan fingerprint density at radius 2 is 2.04 bits per heavy atom. The minimum absolute atomic E-state index is 0.00868. The van der Waals surface area contributed by atoms with Gasteiger partial charge in [-0.3, -0.25) is 0 Å². The summed E-state index contributed by atoms with van der Waals surface area (Å²) in [6.07, 6.45) is -4.45. The van der Waals surface area contributed by atoms with Crippen LogP contribution in [-0.2, 0) is 17.5 Å². The fraction of sp³-hybridized carbons (Fsp3) is 0.278. The van der Waals surface area contributed by atoms with Crippen LogP contribution in [-0.4, -0.2) is 17.6 Å². The van der Waals surface area contributed by atoms with Gasteiger partial charge in [0.25, 0.3) is 0 Å². The van der Waals surface area contributed by atoms with E-state index >= 15 is 0 Å². The molecule has 26 heavy (non-hydrogen) atoms. The molecule has 1 aromatic heterocycles. The van der Waals surface area contributed by atoms with Crippen LogP contribution in [0.4, 0.5) is 13.2 Å². The van der Waals surface area contributed by atoms with Crippen molar-refractivity contribution in [3.05, 3.63) is 58.3 Å². The predicted molar refractivity (Wildman–Crippen MR) is 85.4 cm³/mol. The fourth-order valence-corrected chi connectivity index (χ4v) is 2.18. The first kappa shape index (κ1) is 19.2. The quantitative estimate of drug-likeness (QED) is 0.749. The van der Waals surface area contributed by atoms with Crippen LogP contribution >= 0.6 is 0 Å². The van der Waals surface area contributed by atoms with Crippen LogP contribution in [0.25, 0.3) is 0 Å². The van der Waals surface area contributed by atoms with Crippen LogP contribution in [0.1, 0.15) is 39.7 Å². The Morgan fingerprint density at radius 1 is 1.31 bits per heavy atom. The lowest BCUT2D eigenvalue weighted by Gasteiger charge is -2.12. The molecule has 136 valence electrons. The number of halogens is 3. The fourth-order valence-electron chi connectivity index (χ4n) is 2.18. The maximum absolute atomic E-state index is 12.7. The highest BCUT2D eigenvalue weighted by Gasteiger charge is 2.30. The highest BCUT2D eigenvalue weighted by Crippen LogP contribution is 2.30. The first-order valence-corrected chi connectivity index (χ1v) is 7.64. The molecule has 0 bridgehead atoms. The smallest absolute Gasteiger partial charge is 0.416 e. The van der Waals surface area contributed by atoms with E-state index < -0.39 is 17.7 Å². The third-order valence-corrected chi connectivity index (χ3v) is 3.42. The number of hydrogen-bond donors (Lipinski definition) is 0. The zero-order chi connectivity index (χ0) is 19.3. The summed E-state index contributed by atoms with van der Waals surface area (Å²) < 4.78 is 48.5. The molecule has 8 heteroatoms. The summed E-state index contributed by atoms with van der Waals surface area (Å²) in [4.78, 5) is 15.9. The number of aromatic nitrogens is 1. The lowest BCUT2D eigenvalue weighted by molar-refractivity contribution is -0.137. The first-order chi connectivity index (χ1) is 12.3. The number of aryl methyl sites for hydroxylation is 1. The second-order valence-corrected chi connectivity index (χ2v) is 5.29. The molecule has 1 aromatic carbocycles. The minimum atomic E-state index is -4.45. The van der Waals surface area contributed by atoms with Gasteiger partial charge in [0.1, 0.15) is 18.2 Å². The molecule has 0 aliphatic heterocycles. The molecular weight excluding hydrogens is 349 g/mol. The summed E-state index contributed by atoms with van der Waals surface area (Å²) >= 11 is 0. The molecule has 0 fully saturated rings. The Morgan fingerprint density at radius 3 is 2.65 bits per heavy atom. The topological polar surface area (TPSA) is 72.2 Å². The number of carbonyl (C=O) groups is 1. The molecule has 5 nitrogen and oxygen atoms in total. The Labute approximate surface area is 148 Å². The van der Waals surface area contributed by atoms with Crippen molar-refractivity contribution < 1.29 is 27.4 Å². The zero-order valence-corrected chi connectivity index (χ0v) is 14.1. The standard InChI is InChI=1S/C18H15F3N2O3/c1-3-25-17(24)15-8-13(9-22)16(23-11(15)2)26-10-12-5-4-6-14(7-12)18(19,20)21/h4-8H,3,10H2,1-2H3. The molecule has 0 aliphatic carbocycles. The number of pyridine rings is 1. The number of esters is 1. The summed E-state index contributed by atoms with van der Waals surface area (Å²) in [6, 6.07) is 7.82. The third-order valence-electron chi connectivity index (χ3n) is 3.42. The van der Waals surface area contributed by atoms with Gasteiger partial charge in [0.05, 0.1) is 23.4 Å². The number of hydrogen-bond acceptors (Lipinski definition) is 5. The average Bonchev–Trinajstić information content (AvgIpc) is 2.59. The number of ether oxygens (including phenoxy) is 2. The van der Waals surface area contributed by atoms with Crippen LogP contribution in [0.5, 0.6) is 5.88 Å². The third kappa shape index (κ3) is 4.51. The number of nitrogens with zero attached hydrogens (tertiary/aromatic N) is 2. The molecule has 2 rings (SSSR count). The maximum Gasteiger partial charge on any atom is 0.416 e. The lowest BCUT2D eigenvalue weighted by atomic mass is 10.1. The van der Waals surface area contributed by atoms with Gasteiger partial charge in [0, 0.05) is 0 Å². The van der Waals surface area contributed by atoms with Gasteiger partial charge in [0.15, 0.2) is 0 Å². The lowest BCUT2D eigenvalue weighted by Crippen LogP contribution is -2.10. The van der Waals surface area contributed by atoms with Crippen LogP contribution in [0.15, 0.2) is 30.3 Å². The first-order valence-electron chi connectivity index (χ1n) is 7.64. The molecule has 0 amide bonds. The summed E-state index contributed by atoms with van der Waals surface area (Å²) in [5.41, 5.74) is -0.0968. The van der Waals surface area contributed by atoms with Crippen LogP contribution in [0, 0.1) is 18.3 Å². The minimum Gasteiger partial charge on any atom is -0.472 e. The van der Waals surface area contributed by atoms with Gasteiger partial charge in [-0.15, -0.1) is 0 Å². The summed E-state index contributed by atoms with van der Waals surface area (Å²) in [6.45, 7) is 3.17. The van der Waals surface area contributed by atoms with Crippen molar-refractivity contribution in [3.63, 3.8) is 0 Å². The van der Waals surface area contributed by atoms with Crippen molar-refractivity contribution in [3.8, 4) is 11.9 Å². The average molecular weight is 364 g/mol. The molecule has 0 spiro atoms. The van der Waals surface area contributed by atoms with Crippen LogP contribution < -0.4 is 4.74 Å². The molecule has 0 aliphatic rings. The Hall–Kier alpha value is -3.08. The highest BCUT2D eigenvalue weighted by molar-refractivity contribution is 5.91. The van der Waals surface area contributed by atoms with Crippen LogP contribution in [0.3, 0.4) is 0 Å². The molecule has 2 aromatic rings. The second kappa shape index (κ2) is 7.87. The van der Waals surface area contributed by atoms with Gasteiger partial charge in [-0.25, -0.2) is 9.78 Å². The number of benzene rings is 1. The Balaban J connectivity index is 2.24. The second-order valence-electron chi connectivity index (χ2n) is 5.29. The van der Waals surface area contributed by atoms with Gasteiger partial charge < -0.3 is 9.47 Å². The Kier molecular flexibility index (Phi) is 5.82. The van der Waals surface area contributed by atoms with Gasteiger partial charge in [0.2, 0.25) is 5.88 Å². The number of alkyl halides is 3. The number of rotatable bonds is 5. The van der Waals surface area contributed by atoms with Crippen LogP contribution in [0.2, 0.25) is 0 Å². The Bertz CT molecular complexity index is 858. The molecule has 0 N–H and O–H groups in total. The van der Waals surface area contributed by atoms with E-state index in [0.29, 0.717) is 5.69 Å². The van der Waals surface area contributed by atoms with Crippen molar-refractivity contribution >= 4 is 5.97 Å². The maximum atomic E-state index is 12.7. The van der Waals surface area contributed by atoms with E-state index in [2.05, 4.69) is 4.98 Å². The summed E-state index contributed by atoms with van der Waals surface area (Å²) in [5.74, 6) is -0.672. The molecular formula is C18H15F3N2O3. The zero-order valence-electron chi connectivity index (χ0n) is 14.1. The highest BCUT2D eigenvalue weighted by atomic mass is 19.4. The molecule has 0 saturated carbocycles. The van der Waals surface area contributed by atoms with Crippen molar-refractivity contribution in [2.75, 3.05) is 6.61 Å². The largest absolute Gasteiger partial charge is 0.472 e. The number of carbonyl (C=O) groups excluding carboxylic acids is 1. The van der Waals surface area contributed by atoms with Crippen molar-refractivity contribution in [2.45, 2.75) is 26.6 Å². The van der Waals surface area contributed by atoms with E-state index in [-0.39, 0.29) is 35.8 Å². The molecule has 0 radical (unpaired) electrons. The van der Waals surface area contributed by atoms with Gasteiger partial charge in [-0.1, -0.05) is 12.1 Å². The van der Waals surface area contributed by atoms with Crippen molar-refractivity contribution in [1.82, 2.24) is 4.98 Å². The normalized spacial score (nSPS) is 10.9. The van der Waals surface area contributed by atoms with E-state index in [9.17, 15) is 23.2 Å². The monoisotopic (exact) mass is 364 g/mol. The molecule has 0 unspecified atom stereocenters. The van der Waals surface area contributed by atoms with E-state index in [0.717, 1.165) is 12.1 Å². The molecule has 1 heterocycles. The van der Waals surface area contributed by atoms with Crippen molar-refractivity contribution in [1.29, 1.82) is 5.26 Å². The van der Waals surface area contributed by atoms with E-state index in [1.807, 2.05) is 6.07 Å². The molecule has 0 saturated heterocycles. The summed E-state index contributed by atoms with van der Waals surface area (Å²) in [7, 11) is 0. The van der Waals surface area contributed by atoms with E-state index in [1.54, 1.807) is 13.8 Å². The summed E-state index contributed by atoms with van der Waals surface area (Å²) in [5, 5.41) is 9.22. The van der Waals surface area contributed by atoms with E-state index in [4.69, 9.17) is 9.47 Å².